The molecule has 0 amide bonds. The fourth-order valence-corrected chi connectivity index (χ4v) is 0. The second kappa shape index (κ2) is 1.85. The van der Waals surface area contributed by atoms with E-state index < -0.39 is 0 Å². The first-order valence-corrected chi connectivity index (χ1v) is 6.71. The molecule has 0 bridgehead atoms. The van der Waals surface area contributed by atoms with E-state index in [2.05, 4.69) is 12.5 Å². The molecule has 0 saturated carbocycles. The van der Waals surface area contributed by atoms with Gasteiger partial charge in [-0.25, -0.2) is 0 Å². The first-order chi connectivity index (χ1) is 1.73. The van der Waals surface area contributed by atoms with Crippen molar-refractivity contribution < 1.29 is 0 Å². The van der Waals surface area contributed by atoms with Crippen LogP contribution in [0.4, 0.5) is 0 Å². The zero-order valence-electron chi connectivity index (χ0n) is 3.45. The molecule has 0 spiro atoms. The summed E-state index contributed by atoms with van der Waals surface area (Å²) in [5.41, 5.74) is 0. The van der Waals surface area contributed by atoms with Gasteiger partial charge in [0, 0.05) is 9.39 Å². The van der Waals surface area contributed by atoms with Crippen LogP contribution in [-0.4, -0.2) is 21.9 Å². The Kier molecular flexibility index (Phi) is 2.11. The van der Waals surface area contributed by atoms with Crippen LogP contribution in [0.15, 0.2) is 0 Å². The fourth-order valence-electron chi connectivity index (χ4n) is 0. The monoisotopic (exact) mass is 94.0 g/mol. The third-order valence-corrected chi connectivity index (χ3v) is 0. The van der Waals surface area contributed by atoms with E-state index in [1.54, 1.807) is 0 Å². The van der Waals surface area contributed by atoms with Gasteiger partial charge in [-0.15, -0.1) is 0 Å². The molecule has 0 aliphatic heterocycles. The van der Waals surface area contributed by atoms with Gasteiger partial charge in [-0.3, -0.25) is 10.3 Å². The summed E-state index contributed by atoms with van der Waals surface area (Å²) in [7, 11) is 1.93. The van der Waals surface area contributed by atoms with Crippen LogP contribution in [0.1, 0.15) is 0 Å². The van der Waals surface area contributed by atoms with Gasteiger partial charge < -0.3 is 0 Å². The first-order valence-electron chi connectivity index (χ1n) is 1.34. The van der Waals surface area contributed by atoms with Gasteiger partial charge >= 0.3 is 0 Å². The predicted octanol–water partition coefficient (Wildman–Crippen LogP) is -0.472. The molecule has 2 heteroatoms. The second-order valence-corrected chi connectivity index (χ2v) is 9.39. The highest BCUT2D eigenvalue weighted by Gasteiger charge is 1.59. The molecular formula is C2H10SSi. The highest BCUT2D eigenvalue weighted by molar-refractivity contribution is 8.34. The molecule has 0 unspecified atom stereocenters. The Labute approximate surface area is 33.0 Å². The molecule has 0 rings (SSSR count). The van der Waals surface area contributed by atoms with Crippen LogP contribution in [0.25, 0.3) is 0 Å². The molecule has 0 saturated heterocycles. The minimum atomic E-state index is 0.519. The summed E-state index contributed by atoms with van der Waals surface area (Å²) in [5.74, 6) is 0. The zero-order valence-corrected chi connectivity index (χ0v) is 6.34. The predicted molar refractivity (Wildman–Crippen MR) is 30.8 cm³/mol. The van der Waals surface area contributed by atoms with Crippen LogP contribution in [0, 0.1) is 0 Å². The molecule has 0 aliphatic rings. The molecule has 0 aromatic rings. The normalized spacial score (nSPS) is 12.0. The van der Waals surface area contributed by atoms with Crippen molar-refractivity contribution in [2.24, 2.45) is 0 Å². The van der Waals surface area contributed by atoms with Gasteiger partial charge in [0.1, 0.15) is 0 Å². The maximum Gasteiger partial charge on any atom is 0.0452 e. The summed E-state index contributed by atoms with van der Waals surface area (Å²) in [6.07, 6.45) is 4.59. The van der Waals surface area contributed by atoms with Crippen molar-refractivity contribution in [1.82, 2.24) is 0 Å². The molecule has 0 atom stereocenters. The van der Waals surface area contributed by atoms with E-state index in [1.165, 1.54) is 9.39 Å². The molecule has 0 aromatic carbocycles. The van der Waals surface area contributed by atoms with Crippen molar-refractivity contribution in [2.75, 3.05) is 12.5 Å². The minimum Gasteiger partial charge on any atom is -0.279 e. The van der Waals surface area contributed by atoms with Gasteiger partial charge in [0.15, 0.2) is 0 Å². The SMILES string of the molecule is C[SH](C)[SiH3]. The van der Waals surface area contributed by atoms with Gasteiger partial charge in [0.2, 0.25) is 0 Å². The molecule has 0 nitrogen and oxygen atoms in total. The van der Waals surface area contributed by atoms with E-state index >= 15 is 0 Å². The van der Waals surface area contributed by atoms with Gasteiger partial charge in [0.05, 0.1) is 0 Å². The van der Waals surface area contributed by atoms with E-state index in [9.17, 15) is 0 Å². The fraction of sp³-hybridized carbons (Fsp3) is 1.00. The van der Waals surface area contributed by atoms with Gasteiger partial charge in [-0.1, -0.05) is 0 Å². The lowest BCUT2D eigenvalue weighted by molar-refractivity contribution is 2.35. The maximum atomic E-state index is 2.29. The number of rotatable bonds is 0. The van der Waals surface area contributed by atoms with Gasteiger partial charge in [-0.2, -0.15) is 0 Å². The van der Waals surface area contributed by atoms with Crippen LogP contribution in [0.2, 0.25) is 0 Å². The first kappa shape index (κ1) is 4.57. The Morgan fingerprint density at radius 3 is 1.50 bits per heavy atom. The van der Waals surface area contributed by atoms with E-state index in [1.807, 2.05) is 0 Å². The van der Waals surface area contributed by atoms with Crippen molar-refractivity contribution in [3.63, 3.8) is 0 Å². The Bertz CT molecular complexity index is 10.8. The Morgan fingerprint density at radius 2 is 1.50 bits per heavy atom. The van der Waals surface area contributed by atoms with Crippen LogP contribution in [-0.2, 0) is 0 Å². The standard InChI is InChI=1S/C2H10SSi/c1-3(2)4/h3H,1-2,4H3. The molecule has 28 valence electrons. The van der Waals surface area contributed by atoms with Crippen molar-refractivity contribution in [2.45, 2.75) is 0 Å². The van der Waals surface area contributed by atoms with E-state index in [4.69, 9.17) is 0 Å². The summed E-state index contributed by atoms with van der Waals surface area (Å²) < 4.78 is 0. The van der Waals surface area contributed by atoms with E-state index in [0.29, 0.717) is 10.3 Å². The lowest BCUT2D eigenvalue weighted by Crippen LogP contribution is -1.60. The average Bonchev–Trinajstić information content (AvgIpc) is 0.811. The Morgan fingerprint density at radius 1 is 1.50 bits per heavy atom. The molecular weight excluding hydrogens is 84.2 g/mol. The highest BCUT2D eigenvalue weighted by Crippen LogP contribution is 1.99. The van der Waals surface area contributed by atoms with Crippen molar-refractivity contribution >= 4 is 19.7 Å². The number of hydrogen-bond donors (Lipinski definition) is 1. The molecule has 0 N–H and O–H groups in total. The Balaban J connectivity index is 2.32. The smallest absolute Gasteiger partial charge is 0.0452 e. The lowest BCUT2D eigenvalue weighted by atomic mass is 11.9. The van der Waals surface area contributed by atoms with Gasteiger partial charge in [0.25, 0.3) is 0 Å². The lowest BCUT2D eigenvalue weighted by Gasteiger charge is -1.88. The third kappa shape index (κ3) is 19.6. The van der Waals surface area contributed by atoms with Crippen LogP contribution in [0.5, 0.6) is 0 Å². The topological polar surface area (TPSA) is 0 Å². The third-order valence-electron chi connectivity index (χ3n) is 0. The minimum absolute atomic E-state index is 0.519. The van der Waals surface area contributed by atoms with E-state index in [-0.39, 0.29) is 0 Å². The summed E-state index contributed by atoms with van der Waals surface area (Å²) in [6.45, 7) is 0. The quantitative estimate of drug-likeness (QED) is 0.304. The average molecular weight is 94.3 g/mol. The number of hydrogen-bond acceptors (Lipinski definition) is 0. The summed E-state index contributed by atoms with van der Waals surface area (Å²) in [4.78, 5) is 0. The van der Waals surface area contributed by atoms with Crippen LogP contribution >= 0.6 is 10.3 Å². The van der Waals surface area contributed by atoms with Crippen molar-refractivity contribution in [1.29, 1.82) is 0 Å². The van der Waals surface area contributed by atoms with Crippen molar-refractivity contribution in [3.8, 4) is 0 Å². The zero-order chi connectivity index (χ0) is 3.58. The van der Waals surface area contributed by atoms with Crippen molar-refractivity contribution in [3.05, 3.63) is 0 Å². The van der Waals surface area contributed by atoms with E-state index in [0.717, 1.165) is 0 Å². The molecule has 0 aliphatic carbocycles. The number of thiol groups is 1. The summed E-state index contributed by atoms with van der Waals surface area (Å²) >= 11 is 0. The summed E-state index contributed by atoms with van der Waals surface area (Å²) in [5, 5.41) is 0. The molecule has 0 fully saturated rings. The molecule has 0 radical (unpaired) electrons. The molecule has 0 heterocycles. The highest BCUT2D eigenvalue weighted by atomic mass is 32.4. The van der Waals surface area contributed by atoms with Crippen LogP contribution < -0.4 is 0 Å². The Hall–Kier alpha value is 0.567. The maximum absolute atomic E-state index is 2.29. The largest absolute Gasteiger partial charge is 0.279 e. The second-order valence-electron chi connectivity index (χ2n) is 1.34. The molecule has 4 heavy (non-hydrogen) atoms. The van der Waals surface area contributed by atoms with Crippen LogP contribution in [0.3, 0.4) is 0 Å². The molecule has 0 aromatic heterocycles. The van der Waals surface area contributed by atoms with Gasteiger partial charge in [-0.05, 0) is 12.5 Å². The summed E-state index contributed by atoms with van der Waals surface area (Å²) in [6, 6.07) is 0.